The molecular weight excluding hydrogens is 572 g/mol. The third-order valence-electron chi connectivity index (χ3n) is 5.78. The van der Waals surface area contributed by atoms with Crippen LogP contribution < -0.4 is 18.9 Å². The van der Waals surface area contributed by atoms with Gasteiger partial charge >= 0.3 is 11.9 Å². The van der Waals surface area contributed by atoms with Gasteiger partial charge in [-0.05, 0) is 59.5 Å². The number of hydrogen-bond donors (Lipinski definition) is 0. The summed E-state index contributed by atoms with van der Waals surface area (Å²) in [5.41, 5.74) is 2.84. The Morgan fingerprint density at radius 2 is 1.49 bits per heavy atom. The molecule has 208 valence electrons. The Kier molecular flexibility index (Phi) is 10.7. The van der Waals surface area contributed by atoms with E-state index in [1.807, 2.05) is 30.3 Å². The SMILES string of the molecule is COCOC(=O)c1c(C)c(Br)c(OC(=O)c2c(C)cc(OCc3ccccc3)cc2OC)c(C)c1OCOC. The molecule has 0 amide bonds. The average Bonchev–Trinajstić information content (AvgIpc) is 2.94. The lowest BCUT2D eigenvalue weighted by Gasteiger charge is -2.21. The van der Waals surface area contributed by atoms with Crippen molar-refractivity contribution in [1.29, 1.82) is 0 Å². The number of benzene rings is 3. The number of methoxy groups -OCH3 is 3. The summed E-state index contributed by atoms with van der Waals surface area (Å²) in [5, 5.41) is 0. The van der Waals surface area contributed by atoms with Crippen LogP contribution in [0.2, 0.25) is 0 Å². The molecule has 3 aromatic carbocycles. The highest BCUT2D eigenvalue weighted by molar-refractivity contribution is 9.10. The lowest BCUT2D eigenvalue weighted by atomic mass is 10.0. The third-order valence-corrected chi connectivity index (χ3v) is 6.74. The van der Waals surface area contributed by atoms with E-state index in [9.17, 15) is 9.59 Å². The van der Waals surface area contributed by atoms with Gasteiger partial charge in [-0.25, -0.2) is 9.59 Å². The van der Waals surface area contributed by atoms with E-state index in [4.69, 9.17) is 33.2 Å². The summed E-state index contributed by atoms with van der Waals surface area (Å²) in [7, 11) is 4.33. The number of aryl methyl sites for hydroxylation is 1. The summed E-state index contributed by atoms with van der Waals surface area (Å²) in [4.78, 5) is 26.3. The monoisotopic (exact) mass is 602 g/mol. The summed E-state index contributed by atoms with van der Waals surface area (Å²) in [5.74, 6) is -0.135. The predicted molar refractivity (Wildman–Crippen MR) is 147 cm³/mol. The van der Waals surface area contributed by atoms with Gasteiger partial charge in [0, 0.05) is 25.8 Å². The zero-order valence-electron chi connectivity index (χ0n) is 22.7. The van der Waals surface area contributed by atoms with E-state index in [1.54, 1.807) is 32.9 Å². The molecule has 0 spiro atoms. The second-order valence-electron chi connectivity index (χ2n) is 8.47. The Labute approximate surface area is 236 Å². The van der Waals surface area contributed by atoms with E-state index in [2.05, 4.69) is 15.9 Å². The number of ether oxygens (including phenoxy) is 7. The smallest absolute Gasteiger partial charge is 0.347 e. The molecule has 0 bridgehead atoms. The Balaban J connectivity index is 1.96. The predicted octanol–water partition coefficient (Wildman–Crippen LogP) is 5.92. The van der Waals surface area contributed by atoms with Crippen LogP contribution in [0.5, 0.6) is 23.0 Å². The molecule has 0 saturated carbocycles. The number of carbonyl (C=O) groups excluding carboxylic acids is 2. The molecule has 0 aliphatic heterocycles. The first-order valence-electron chi connectivity index (χ1n) is 11.9. The number of rotatable bonds is 12. The first-order valence-corrected chi connectivity index (χ1v) is 12.7. The molecule has 0 saturated heterocycles. The van der Waals surface area contributed by atoms with Crippen molar-refractivity contribution in [2.45, 2.75) is 27.4 Å². The third kappa shape index (κ3) is 7.08. The van der Waals surface area contributed by atoms with Crippen molar-refractivity contribution in [2.24, 2.45) is 0 Å². The lowest BCUT2D eigenvalue weighted by molar-refractivity contribution is -0.0133. The van der Waals surface area contributed by atoms with E-state index in [0.29, 0.717) is 39.3 Å². The molecule has 3 rings (SSSR count). The highest BCUT2D eigenvalue weighted by atomic mass is 79.9. The maximum atomic E-state index is 13.5. The van der Waals surface area contributed by atoms with Gasteiger partial charge in [0.1, 0.15) is 35.0 Å². The summed E-state index contributed by atoms with van der Waals surface area (Å²) in [6, 6.07) is 13.1. The van der Waals surface area contributed by atoms with Gasteiger partial charge in [-0.1, -0.05) is 30.3 Å². The van der Waals surface area contributed by atoms with Crippen molar-refractivity contribution in [3.63, 3.8) is 0 Å². The fourth-order valence-corrected chi connectivity index (χ4v) is 4.45. The Morgan fingerprint density at radius 1 is 0.795 bits per heavy atom. The number of hydrogen-bond acceptors (Lipinski definition) is 9. The molecule has 0 aliphatic rings. The van der Waals surface area contributed by atoms with Crippen LogP contribution in [-0.2, 0) is 20.8 Å². The van der Waals surface area contributed by atoms with Crippen molar-refractivity contribution in [3.05, 3.63) is 80.3 Å². The van der Waals surface area contributed by atoms with E-state index in [1.165, 1.54) is 21.3 Å². The maximum Gasteiger partial charge on any atom is 0.347 e. The first-order chi connectivity index (χ1) is 18.7. The minimum Gasteiger partial charge on any atom is -0.496 e. The molecule has 10 heteroatoms. The molecule has 0 heterocycles. The van der Waals surface area contributed by atoms with Gasteiger partial charge < -0.3 is 33.2 Å². The zero-order valence-corrected chi connectivity index (χ0v) is 24.3. The molecule has 0 unspecified atom stereocenters. The minimum atomic E-state index is -0.661. The van der Waals surface area contributed by atoms with Crippen molar-refractivity contribution in [3.8, 4) is 23.0 Å². The van der Waals surface area contributed by atoms with Gasteiger partial charge in [0.25, 0.3) is 0 Å². The average molecular weight is 603 g/mol. The molecule has 0 aliphatic carbocycles. The summed E-state index contributed by atoms with van der Waals surface area (Å²) in [6.45, 7) is 5.09. The molecule has 0 radical (unpaired) electrons. The fraction of sp³-hybridized carbons (Fsp3) is 0.310. The van der Waals surface area contributed by atoms with Crippen LogP contribution in [0.15, 0.2) is 46.9 Å². The van der Waals surface area contributed by atoms with Gasteiger partial charge in [-0.2, -0.15) is 0 Å². The summed E-state index contributed by atoms with van der Waals surface area (Å²) < 4.78 is 38.4. The molecule has 9 nitrogen and oxygen atoms in total. The molecule has 0 aromatic heterocycles. The number of carbonyl (C=O) groups is 2. The minimum absolute atomic E-state index is 0.142. The van der Waals surface area contributed by atoms with Gasteiger partial charge in [-0.15, -0.1) is 0 Å². The van der Waals surface area contributed by atoms with Crippen molar-refractivity contribution >= 4 is 27.9 Å². The Bertz CT molecular complexity index is 1320. The van der Waals surface area contributed by atoms with Crippen LogP contribution in [0.4, 0.5) is 0 Å². The zero-order chi connectivity index (χ0) is 28.5. The van der Waals surface area contributed by atoms with Crippen LogP contribution in [0.25, 0.3) is 0 Å². The highest BCUT2D eigenvalue weighted by Gasteiger charge is 2.29. The highest BCUT2D eigenvalue weighted by Crippen LogP contribution is 2.43. The fourth-order valence-electron chi connectivity index (χ4n) is 3.87. The van der Waals surface area contributed by atoms with E-state index in [-0.39, 0.29) is 36.2 Å². The van der Waals surface area contributed by atoms with E-state index in [0.717, 1.165) is 5.56 Å². The standard InChI is InChI=1S/C29H31BrO9/c1-17-12-21(36-14-20-10-8-7-9-11-20)13-22(35-6)23(17)29(32)39-27-19(3)26(37-15-33-4)24(18(2)25(27)30)28(31)38-16-34-5/h7-13H,14-16H2,1-6H3. The van der Waals surface area contributed by atoms with Crippen LogP contribution in [0, 0.1) is 20.8 Å². The van der Waals surface area contributed by atoms with Gasteiger partial charge in [0.05, 0.1) is 11.6 Å². The second kappa shape index (κ2) is 14.0. The first kappa shape index (κ1) is 29.9. The molecule has 0 atom stereocenters. The summed E-state index contributed by atoms with van der Waals surface area (Å²) in [6.07, 6.45) is 0. The second-order valence-corrected chi connectivity index (χ2v) is 9.26. The van der Waals surface area contributed by atoms with Crippen LogP contribution in [-0.4, -0.2) is 46.9 Å². The van der Waals surface area contributed by atoms with Gasteiger partial charge in [0.15, 0.2) is 19.3 Å². The van der Waals surface area contributed by atoms with Crippen molar-refractivity contribution < 1.29 is 42.7 Å². The maximum absolute atomic E-state index is 13.5. The van der Waals surface area contributed by atoms with E-state index >= 15 is 0 Å². The van der Waals surface area contributed by atoms with Gasteiger partial charge in [0.2, 0.25) is 0 Å². The number of esters is 2. The Hall–Kier alpha value is -3.60. The van der Waals surface area contributed by atoms with Crippen molar-refractivity contribution in [1.82, 2.24) is 0 Å². The molecule has 3 aromatic rings. The van der Waals surface area contributed by atoms with Crippen LogP contribution in [0.1, 0.15) is 43.0 Å². The van der Waals surface area contributed by atoms with Crippen LogP contribution in [0.3, 0.4) is 0 Å². The largest absolute Gasteiger partial charge is 0.496 e. The molecular formula is C29H31BrO9. The summed E-state index contributed by atoms with van der Waals surface area (Å²) >= 11 is 3.48. The molecule has 0 N–H and O–H groups in total. The quantitative estimate of drug-likeness (QED) is 0.142. The number of halogens is 1. The van der Waals surface area contributed by atoms with Crippen LogP contribution >= 0.6 is 15.9 Å². The Morgan fingerprint density at radius 3 is 2.13 bits per heavy atom. The van der Waals surface area contributed by atoms with E-state index < -0.39 is 11.9 Å². The molecule has 39 heavy (non-hydrogen) atoms. The molecule has 0 fully saturated rings. The van der Waals surface area contributed by atoms with Crippen molar-refractivity contribution in [2.75, 3.05) is 34.9 Å². The van der Waals surface area contributed by atoms with Gasteiger partial charge in [-0.3, -0.25) is 0 Å². The lowest BCUT2D eigenvalue weighted by Crippen LogP contribution is -2.17. The topological polar surface area (TPSA) is 98.8 Å². The normalized spacial score (nSPS) is 10.6.